The van der Waals surface area contributed by atoms with E-state index in [1.165, 1.54) is 19.2 Å². The summed E-state index contributed by atoms with van der Waals surface area (Å²) in [5.74, 6) is -0.208. The van der Waals surface area contributed by atoms with Crippen molar-refractivity contribution >= 4 is 34.7 Å². The van der Waals surface area contributed by atoms with Gasteiger partial charge in [-0.05, 0) is 72.1 Å². The molecule has 0 radical (unpaired) electrons. The molecule has 1 aromatic heterocycles. The molecule has 0 aliphatic carbocycles. The molecule has 0 saturated carbocycles. The van der Waals surface area contributed by atoms with Crippen LogP contribution in [0.1, 0.15) is 17.3 Å². The number of hydrogen-bond acceptors (Lipinski definition) is 4. The molecule has 184 valence electrons. The average molecular weight is 513 g/mol. The molecule has 0 unspecified atom stereocenters. The molecular formula is C30H22ClFN2O3. The van der Waals surface area contributed by atoms with Crippen LogP contribution in [-0.2, 0) is 4.74 Å². The third kappa shape index (κ3) is 4.84. The highest BCUT2D eigenvalue weighted by molar-refractivity contribution is 6.33. The van der Waals surface area contributed by atoms with Gasteiger partial charge in [0, 0.05) is 33.3 Å². The number of ether oxygens (including phenoxy) is 1. The summed E-state index contributed by atoms with van der Waals surface area (Å²) >= 11 is 6.55. The standard InChI is InChI=1S/C30H22ClFN2O3/c1-3-33-37-23-9-5-7-19(15-23)28-25-17-22(32)11-13-27(25)34-29(28)20-8-4-6-18(14-20)24-12-10-21(16-26(24)31)30(35)36-2/h3-17,34H,1-2H3/b33-3-. The number of aromatic nitrogens is 1. The van der Waals surface area contributed by atoms with Gasteiger partial charge in [0.15, 0.2) is 5.75 Å². The number of rotatable bonds is 6. The Hall–Kier alpha value is -4.42. The van der Waals surface area contributed by atoms with Gasteiger partial charge in [-0.2, -0.15) is 0 Å². The summed E-state index contributed by atoms with van der Waals surface area (Å²) in [6.45, 7) is 1.77. The third-order valence-electron chi connectivity index (χ3n) is 6.00. The fourth-order valence-electron chi connectivity index (χ4n) is 4.34. The van der Waals surface area contributed by atoms with Crippen LogP contribution in [0.3, 0.4) is 0 Å². The number of hydrogen-bond donors (Lipinski definition) is 1. The summed E-state index contributed by atoms with van der Waals surface area (Å²) in [5.41, 5.74) is 6.20. The van der Waals surface area contributed by atoms with Crippen molar-refractivity contribution in [2.24, 2.45) is 5.16 Å². The number of H-pyrrole nitrogens is 1. The van der Waals surface area contributed by atoms with Gasteiger partial charge >= 0.3 is 5.97 Å². The van der Waals surface area contributed by atoms with Gasteiger partial charge in [0.1, 0.15) is 5.82 Å². The quantitative estimate of drug-likeness (QED) is 0.142. The van der Waals surface area contributed by atoms with Crippen molar-refractivity contribution in [1.82, 2.24) is 4.98 Å². The highest BCUT2D eigenvalue weighted by Crippen LogP contribution is 2.41. The van der Waals surface area contributed by atoms with Crippen molar-refractivity contribution in [3.8, 4) is 39.3 Å². The molecule has 1 heterocycles. The minimum absolute atomic E-state index is 0.325. The Bertz CT molecular complexity index is 1660. The smallest absolute Gasteiger partial charge is 0.337 e. The van der Waals surface area contributed by atoms with E-state index in [1.54, 1.807) is 37.4 Å². The van der Waals surface area contributed by atoms with E-state index in [1.807, 2.05) is 48.5 Å². The Balaban J connectivity index is 1.66. The molecule has 5 aromatic rings. The Morgan fingerprint density at radius 3 is 2.51 bits per heavy atom. The van der Waals surface area contributed by atoms with E-state index in [0.29, 0.717) is 16.3 Å². The highest BCUT2D eigenvalue weighted by Gasteiger charge is 2.18. The predicted molar refractivity (Wildman–Crippen MR) is 146 cm³/mol. The lowest BCUT2D eigenvalue weighted by molar-refractivity contribution is 0.0600. The van der Waals surface area contributed by atoms with Gasteiger partial charge in [0.05, 0.1) is 18.4 Å². The molecule has 4 aromatic carbocycles. The van der Waals surface area contributed by atoms with Gasteiger partial charge in [-0.25, -0.2) is 9.18 Å². The van der Waals surface area contributed by atoms with Gasteiger partial charge < -0.3 is 14.6 Å². The lowest BCUT2D eigenvalue weighted by Gasteiger charge is -2.11. The number of methoxy groups -OCH3 is 1. The zero-order valence-electron chi connectivity index (χ0n) is 20.1. The largest absolute Gasteiger partial charge is 0.465 e. The topological polar surface area (TPSA) is 63.7 Å². The van der Waals surface area contributed by atoms with Crippen molar-refractivity contribution in [3.63, 3.8) is 0 Å². The first kappa shape index (κ1) is 24.3. The minimum atomic E-state index is -0.451. The van der Waals surface area contributed by atoms with E-state index < -0.39 is 5.97 Å². The maximum atomic E-state index is 14.3. The molecule has 0 bridgehead atoms. The zero-order valence-corrected chi connectivity index (χ0v) is 20.8. The minimum Gasteiger partial charge on any atom is -0.465 e. The summed E-state index contributed by atoms with van der Waals surface area (Å²) in [6.07, 6.45) is 1.56. The number of nitrogens with zero attached hydrogens (tertiary/aromatic N) is 1. The molecule has 0 atom stereocenters. The Labute approximate surface area is 218 Å². The summed E-state index contributed by atoms with van der Waals surface area (Å²) < 4.78 is 19.1. The van der Waals surface area contributed by atoms with Crippen LogP contribution in [-0.4, -0.2) is 24.3 Å². The van der Waals surface area contributed by atoms with Crippen molar-refractivity contribution in [1.29, 1.82) is 0 Å². The molecule has 5 nitrogen and oxygen atoms in total. The van der Waals surface area contributed by atoms with Gasteiger partial charge in [0.25, 0.3) is 0 Å². The molecule has 0 saturated heterocycles. The second-order valence-corrected chi connectivity index (χ2v) is 8.72. The van der Waals surface area contributed by atoms with Crippen LogP contribution in [0.5, 0.6) is 5.75 Å². The maximum Gasteiger partial charge on any atom is 0.337 e. The summed E-state index contributed by atoms with van der Waals surface area (Å²) in [6, 6.07) is 25.1. The van der Waals surface area contributed by atoms with Gasteiger partial charge in [0.2, 0.25) is 0 Å². The maximum absolute atomic E-state index is 14.3. The molecule has 0 aliphatic heterocycles. The summed E-state index contributed by atoms with van der Waals surface area (Å²) in [5, 5.41) is 5.04. The molecule has 37 heavy (non-hydrogen) atoms. The van der Waals surface area contributed by atoms with E-state index in [9.17, 15) is 9.18 Å². The number of nitrogens with one attached hydrogen (secondary N) is 1. The number of halogens is 2. The Morgan fingerprint density at radius 2 is 1.73 bits per heavy atom. The Morgan fingerprint density at radius 1 is 0.946 bits per heavy atom. The van der Waals surface area contributed by atoms with E-state index in [-0.39, 0.29) is 5.82 Å². The van der Waals surface area contributed by atoms with Crippen LogP contribution in [0.2, 0.25) is 5.02 Å². The first-order chi connectivity index (χ1) is 18.0. The summed E-state index contributed by atoms with van der Waals surface area (Å²) in [4.78, 5) is 20.8. The van der Waals surface area contributed by atoms with Crippen LogP contribution in [0, 0.1) is 5.82 Å². The summed E-state index contributed by atoms with van der Waals surface area (Å²) in [7, 11) is 1.33. The number of aromatic amines is 1. The number of oxime groups is 1. The van der Waals surface area contributed by atoms with E-state index in [2.05, 4.69) is 10.1 Å². The molecule has 1 N–H and O–H groups in total. The first-order valence-corrected chi connectivity index (χ1v) is 11.9. The van der Waals surface area contributed by atoms with E-state index >= 15 is 0 Å². The number of benzene rings is 4. The Kier molecular flexibility index (Phi) is 6.75. The average Bonchev–Trinajstić information content (AvgIpc) is 3.30. The van der Waals surface area contributed by atoms with Crippen LogP contribution in [0.4, 0.5) is 4.39 Å². The molecule has 0 amide bonds. The zero-order chi connectivity index (χ0) is 25.9. The van der Waals surface area contributed by atoms with Gasteiger partial charge in [-0.15, -0.1) is 0 Å². The predicted octanol–water partition coefficient (Wildman–Crippen LogP) is 8.13. The molecule has 0 spiro atoms. The van der Waals surface area contributed by atoms with Gasteiger partial charge in [-0.1, -0.05) is 53.2 Å². The third-order valence-corrected chi connectivity index (χ3v) is 6.31. The highest BCUT2D eigenvalue weighted by atomic mass is 35.5. The monoisotopic (exact) mass is 512 g/mol. The number of carbonyl (C=O) groups is 1. The number of esters is 1. The molecule has 0 fully saturated rings. The lowest BCUT2D eigenvalue weighted by Crippen LogP contribution is -2.00. The SMILES string of the molecule is C/C=N\Oc1cccc(-c2c(-c3cccc(-c4ccc(C(=O)OC)cc4Cl)c3)[nH]c3ccc(F)cc23)c1. The fourth-order valence-corrected chi connectivity index (χ4v) is 4.63. The second kappa shape index (κ2) is 10.3. The number of fused-ring (bicyclic) bond motifs is 1. The van der Waals surface area contributed by atoms with Gasteiger partial charge in [-0.3, -0.25) is 0 Å². The van der Waals surface area contributed by atoms with Crippen LogP contribution in [0.25, 0.3) is 44.4 Å². The van der Waals surface area contributed by atoms with Crippen molar-refractivity contribution in [3.05, 3.63) is 101 Å². The van der Waals surface area contributed by atoms with Crippen molar-refractivity contribution in [2.45, 2.75) is 6.92 Å². The lowest BCUT2D eigenvalue weighted by atomic mass is 9.95. The second-order valence-electron chi connectivity index (χ2n) is 8.31. The van der Waals surface area contributed by atoms with Crippen LogP contribution < -0.4 is 4.84 Å². The normalized spacial score (nSPS) is 11.2. The number of carbonyl (C=O) groups excluding carboxylic acids is 1. The van der Waals surface area contributed by atoms with Crippen LogP contribution in [0.15, 0.2) is 90.1 Å². The first-order valence-electron chi connectivity index (χ1n) is 11.5. The van der Waals surface area contributed by atoms with Crippen molar-refractivity contribution < 1.29 is 18.8 Å². The van der Waals surface area contributed by atoms with Crippen molar-refractivity contribution in [2.75, 3.05) is 7.11 Å². The van der Waals surface area contributed by atoms with E-state index in [4.69, 9.17) is 21.2 Å². The molecular weight excluding hydrogens is 491 g/mol. The molecule has 7 heteroatoms. The molecule has 5 rings (SSSR count). The fraction of sp³-hybridized carbons (Fsp3) is 0.0667. The van der Waals surface area contributed by atoms with Crippen LogP contribution >= 0.6 is 11.6 Å². The molecule has 0 aliphatic rings. The van der Waals surface area contributed by atoms with E-state index in [0.717, 1.165) is 44.4 Å².